The van der Waals surface area contributed by atoms with Gasteiger partial charge in [0.15, 0.2) is 0 Å². The summed E-state index contributed by atoms with van der Waals surface area (Å²) in [6.07, 6.45) is 4.21. The number of benzene rings is 2. The first-order valence-electron chi connectivity index (χ1n) is 7.91. The van der Waals surface area contributed by atoms with Gasteiger partial charge in [-0.1, -0.05) is 61.5 Å². The quantitative estimate of drug-likeness (QED) is 0.537. The molecule has 0 aliphatic carbocycles. The highest BCUT2D eigenvalue weighted by Gasteiger charge is 2.09. The van der Waals surface area contributed by atoms with E-state index in [-0.39, 0.29) is 17.0 Å². The Labute approximate surface area is 155 Å². The van der Waals surface area contributed by atoms with Gasteiger partial charge < -0.3 is 4.90 Å². The number of nitrogens with one attached hydrogen (secondary N) is 1. The van der Waals surface area contributed by atoms with Gasteiger partial charge in [0.05, 0.1) is 11.4 Å². The van der Waals surface area contributed by atoms with Gasteiger partial charge in [0.25, 0.3) is 0 Å². The molecule has 0 spiro atoms. The van der Waals surface area contributed by atoms with Crippen LogP contribution >= 0.6 is 17.0 Å². The monoisotopic (exact) mass is 387 g/mol. The van der Waals surface area contributed by atoms with Gasteiger partial charge in [-0.3, -0.25) is 5.43 Å². The molecular formula is C20H26BrN3. The summed E-state index contributed by atoms with van der Waals surface area (Å²) < 4.78 is 0. The van der Waals surface area contributed by atoms with Gasteiger partial charge in [0.1, 0.15) is 0 Å². The Morgan fingerprint density at radius 2 is 1.62 bits per heavy atom. The topological polar surface area (TPSA) is 27.6 Å². The van der Waals surface area contributed by atoms with Crippen molar-refractivity contribution in [1.82, 2.24) is 4.90 Å². The minimum atomic E-state index is 0. The zero-order valence-corrected chi connectivity index (χ0v) is 16.2. The zero-order valence-electron chi connectivity index (χ0n) is 14.5. The van der Waals surface area contributed by atoms with Crippen molar-refractivity contribution in [2.45, 2.75) is 6.92 Å². The highest BCUT2D eigenvalue weighted by Crippen LogP contribution is 2.09. The first-order valence-corrected chi connectivity index (χ1v) is 7.91. The van der Waals surface area contributed by atoms with Gasteiger partial charge in [-0.05, 0) is 37.9 Å². The Hall–Kier alpha value is -1.91. The summed E-state index contributed by atoms with van der Waals surface area (Å²) in [5.74, 6) is 0.334. The predicted molar refractivity (Wildman–Crippen MR) is 111 cm³/mol. The van der Waals surface area contributed by atoms with Crippen molar-refractivity contribution in [2.24, 2.45) is 11.0 Å². The third kappa shape index (κ3) is 7.11. The minimum Gasteiger partial charge on any atom is -0.309 e. The Balaban J connectivity index is 0.00000288. The molecule has 24 heavy (non-hydrogen) atoms. The SMILES string of the molecule is Br.CC(CN(C)C)C(/C=C/c1ccccc1)=N\Nc1ccccc1. The molecule has 0 aliphatic rings. The highest BCUT2D eigenvalue weighted by molar-refractivity contribution is 8.93. The Morgan fingerprint density at radius 3 is 2.21 bits per heavy atom. The highest BCUT2D eigenvalue weighted by atomic mass is 79.9. The molecule has 128 valence electrons. The van der Waals surface area contributed by atoms with Crippen molar-refractivity contribution in [1.29, 1.82) is 0 Å². The molecule has 0 saturated heterocycles. The first-order chi connectivity index (χ1) is 11.1. The van der Waals surface area contributed by atoms with E-state index in [4.69, 9.17) is 0 Å². The van der Waals surface area contributed by atoms with Crippen molar-refractivity contribution < 1.29 is 0 Å². The predicted octanol–water partition coefficient (Wildman–Crippen LogP) is 4.94. The molecule has 0 bridgehead atoms. The molecule has 0 aliphatic heterocycles. The standard InChI is InChI=1S/C20H25N3.BrH/c1-17(16-23(2)3)20(15-14-18-10-6-4-7-11-18)22-21-19-12-8-5-9-13-19;/h4-15,17,21H,16H2,1-3H3;1H/b15-14+,22-20-;. The number of para-hydroxylation sites is 1. The van der Waals surface area contributed by atoms with E-state index in [2.05, 4.69) is 60.7 Å². The van der Waals surface area contributed by atoms with E-state index in [1.807, 2.05) is 48.5 Å². The molecule has 1 unspecified atom stereocenters. The normalized spacial score (nSPS) is 12.9. The maximum Gasteiger partial charge on any atom is 0.0648 e. The van der Waals surface area contributed by atoms with Crippen molar-refractivity contribution in [3.05, 3.63) is 72.3 Å². The molecule has 0 radical (unpaired) electrons. The summed E-state index contributed by atoms with van der Waals surface area (Å²) in [6.45, 7) is 3.15. The lowest BCUT2D eigenvalue weighted by atomic mass is 10.0. The van der Waals surface area contributed by atoms with Crippen molar-refractivity contribution in [2.75, 3.05) is 26.1 Å². The van der Waals surface area contributed by atoms with Gasteiger partial charge in [0.2, 0.25) is 0 Å². The fourth-order valence-electron chi connectivity index (χ4n) is 2.34. The van der Waals surface area contributed by atoms with Crippen molar-refractivity contribution in [3.8, 4) is 0 Å². The fourth-order valence-corrected chi connectivity index (χ4v) is 2.34. The van der Waals surface area contributed by atoms with Crippen LogP contribution in [-0.2, 0) is 0 Å². The van der Waals surface area contributed by atoms with Crippen LogP contribution in [0.5, 0.6) is 0 Å². The van der Waals surface area contributed by atoms with Crippen LogP contribution in [0, 0.1) is 5.92 Å². The van der Waals surface area contributed by atoms with Gasteiger partial charge in [-0.15, -0.1) is 17.0 Å². The van der Waals surface area contributed by atoms with Crippen molar-refractivity contribution >= 4 is 34.5 Å². The Morgan fingerprint density at radius 1 is 1.04 bits per heavy atom. The van der Waals surface area contributed by atoms with E-state index in [0.29, 0.717) is 5.92 Å². The van der Waals surface area contributed by atoms with Crippen LogP contribution in [0.2, 0.25) is 0 Å². The number of hydrogen-bond acceptors (Lipinski definition) is 3. The van der Waals surface area contributed by atoms with Crippen molar-refractivity contribution in [3.63, 3.8) is 0 Å². The summed E-state index contributed by atoms with van der Waals surface area (Å²) in [5, 5.41) is 4.62. The summed E-state index contributed by atoms with van der Waals surface area (Å²) >= 11 is 0. The molecule has 2 aromatic carbocycles. The van der Waals surface area contributed by atoms with Gasteiger partial charge in [-0.2, -0.15) is 5.10 Å². The van der Waals surface area contributed by atoms with E-state index in [9.17, 15) is 0 Å². The number of anilines is 1. The third-order valence-electron chi connectivity index (χ3n) is 3.48. The number of halogens is 1. The largest absolute Gasteiger partial charge is 0.309 e. The summed E-state index contributed by atoms with van der Waals surface area (Å²) in [6, 6.07) is 20.3. The molecule has 0 fully saturated rings. The molecule has 0 heterocycles. The number of rotatable bonds is 7. The van der Waals surface area contributed by atoms with Gasteiger partial charge in [0, 0.05) is 12.5 Å². The lowest BCUT2D eigenvalue weighted by Crippen LogP contribution is -2.25. The maximum atomic E-state index is 4.62. The maximum absolute atomic E-state index is 4.62. The van der Waals surface area contributed by atoms with Crippen LogP contribution in [0.3, 0.4) is 0 Å². The average molecular weight is 388 g/mol. The van der Waals surface area contributed by atoms with Crippen LogP contribution in [0.1, 0.15) is 12.5 Å². The zero-order chi connectivity index (χ0) is 16.5. The Kier molecular flexibility index (Phi) is 9.05. The summed E-state index contributed by atoms with van der Waals surface area (Å²) in [5.41, 5.74) is 6.36. The van der Waals surface area contributed by atoms with Crippen LogP contribution in [0.15, 0.2) is 71.8 Å². The number of hydrazone groups is 1. The lowest BCUT2D eigenvalue weighted by molar-refractivity contribution is 0.381. The van der Waals surface area contributed by atoms with Crippen LogP contribution < -0.4 is 5.43 Å². The van der Waals surface area contributed by atoms with E-state index in [1.165, 1.54) is 5.56 Å². The second-order valence-corrected chi connectivity index (χ2v) is 5.92. The molecule has 2 rings (SSSR count). The Bertz CT molecular complexity index is 636. The molecule has 0 amide bonds. The van der Waals surface area contributed by atoms with Crippen LogP contribution in [0.4, 0.5) is 5.69 Å². The molecule has 2 aromatic rings. The molecule has 1 N–H and O–H groups in total. The van der Waals surface area contributed by atoms with Gasteiger partial charge in [-0.25, -0.2) is 0 Å². The van der Waals surface area contributed by atoms with Gasteiger partial charge >= 0.3 is 0 Å². The third-order valence-corrected chi connectivity index (χ3v) is 3.48. The molecule has 4 heteroatoms. The fraction of sp³-hybridized carbons (Fsp3) is 0.250. The molecule has 0 aromatic heterocycles. The van der Waals surface area contributed by atoms with E-state index >= 15 is 0 Å². The number of allylic oxidation sites excluding steroid dienone is 1. The smallest absolute Gasteiger partial charge is 0.0648 e. The second-order valence-electron chi connectivity index (χ2n) is 5.92. The van der Waals surface area contributed by atoms with Crippen LogP contribution in [0.25, 0.3) is 6.08 Å². The van der Waals surface area contributed by atoms with E-state index < -0.39 is 0 Å². The number of hydrogen-bond donors (Lipinski definition) is 1. The molecule has 0 saturated carbocycles. The molecule has 1 atom stereocenters. The van der Waals surface area contributed by atoms with Crippen LogP contribution in [-0.4, -0.2) is 31.3 Å². The number of nitrogens with zero attached hydrogens (tertiary/aromatic N) is 2. The first kappa shape index (κ1) is 20.1. The van der Waals surface area contributed by atoms with E-state index in [0.717, 1.165) is 17.9 Å². The lowest BCUT2D eigenvalue weighted by Gasteiger charge is -2.17. The second kappa shape index (κ2) is 10.8. The minimum absolute atomic E-state index is 0. The molecular weight excluding hydrogens is 362 g/mol. The summed E-state index contributed by atoms with van der Waals surface area (Å²) in [7, 11) is 4.17. The average Bonchev–Trinajstić information content (AvgIpc) is 2.56. The summed E-state index contributed by atoms with van der Waals surface area (Å²) in [4.78, 5) is 2.18. The van der Waals surface area contributed by atoms with E-state index in [1.54, 1.807) is 0 Å². The molecule has 3 nitrogen and oxygen atoms in total.